The highest BCUT2D eigenvalue weighted by Gasteiger charge is 2.37. The van der Waals surface area contributed by atoms with Gasteiger partial charge in [0.05, 0.1) is 5.69 Å². The van der Waals surface area contributed by atoms with Gasteiger partial charge in [-0.25, -0.2) is 9.59 Å². The Morgan fingerprint density at radius 3 is 2.88 bits per heavy atom. The number of aromatic nitrogens is 4. The minimum atomic E-state index is -0.963. The highest BCUT2D eigenvalue weighted by atomic mass is 35.5. The van der Waals surface area contributed by atoms with E-state index >= 15 is 0 Å². The Kier molecular flexibility index (Phi) is 3.91. The summed E-state index contributed by atoms with van der Waals surface area (Å²) in [4.78, 5) is 24.5. The molecule has 0 saturated carbocycles. The Bertz CT molecular complexity index is 1010. The molecule has 4 rings (SSSR count). The normalized spacial score (nSPS) is 18.9. The number of fused-ring (bicyclic) bond motifs is 1. The number of allylic oxidation sites excluding steroid dienone is 4. The molecule has 0 radical (unpaired) electrons. The number of hydrogen-bond acceptors (Lipinski definition) is 6. The fourth-order valence-corrected chi connectivity index (χ4v) is 3.49. The van der Waals surface area contributed by atoms with Crippen LogP contribution in [0.5, 0.6) is 0 Å². The van der Waals surface area contributed by atoms with Gasteiger partial charge in [0.1, 0.15) is 18.1 Å². The lowest BCUT2D eigenvalue weighted by atomic mass is 9.98. The van der Waals surface area contributed by atoms with Gasteiger partial charge >= 0.3 is 5.97 Å². The molecular weight excluding hydrogens is 358 g/mol. The van der Waals surface area contributed by atoms with Crippen molar-refractivity contribution < 1.29 is 14.7 Å². The number of carbonyl (C=O) groups is 1. The van der Waals surface area contributed by atoms with E-state index in [9.17, 15) is 14.7 Å². The van der Waals surface area contributed by atoms with Gasteiger partial charge in [0.2, 0.25) is 0 Å². The van der Waals surface area contributed by atoms with Crippen LogP contribution in [0.25, 0.3) is 11.3 Å². The van der Waals surface area contributed by atoms with Crippen LogP contribution in [0.3, 0.4) is 0 Å². The van der Waals surface area contributed by atoms with Crippen LogP contribution in [0.1, 0.15) is 18.4 Å². The zero-order valence-corrected chi connectivity index (χ0v) is 14.1. The van der Waals surface area contributed by atoms with Gasteiger partial charge in [-0.2, -0.15) is 4.68 Å². The molecule has 130 valence electrons. The van der Waals surface area contributed by atoms with Gasteiger partial charge < -0.3 is 10.0 Å². The zero-order valence-electron chi connectivity index (χ0n) is 13.3. The summed E-state index contributed by atoms with van der Waals surface area (Å²) in [7, 11) is 0. The summed E-state index contributed by atoms with van der Waals surface area (Å²) in [6.07, 6.45) is 5.92. The minimum absolute atomic E-state index is 0.185. The lowest BCUT2D eigenvalue weighted by Crippen LogP contribution is -2.35. The smallest absolute Gasteiger partial charge is 0.326 e. The van der Waals surface area contributed by atoms with Gasteiger partial charge in [0.25, 0.3) is 0 Å². The van der Waals surface area contributed by atoms with Crippen LogP contribution in [-0.4, -0.2) is 48.2 Å². The van der Waals surface area contributed by atoms with E-state index in [4.69, 9.17) is 11.6 Å². The van der Waals surface area contributed by atoms with Crippen molar-refractivity contribution in [3.05, 3.63) is 58.7 Å². The lowest BCUT2D eigenvalue weighted by Gasteiger charge is -2.28. The van der Waals surface area contributed by atoms with Crippen molar-refractivity contribution in [2.24, 2.45) is 0 Å². The van der Waals surface area contributed by atoms with E-state index in [-0.39, 0.29) is 5.70 Å². The molecule has 2 aromatic rings. The lowest BCUT2D eigenvalue weighted by molar-refractivity contribution is -0.141. The molecule has 3 heterocycles. The van der Waals surface area contributed by atoms with Crippen molar-refractivity contribution in [3.63, 3.8) is 0 Å². The molecule has 1 N–H and O–H groups in total. The van der Waals surface area contributed by atoms with Crippen LogP contribution in [0.4, 0.5) is 0 Å². The average Bonchev–Trinajstić information content (AvgIpc) is 3.30. The first-order valence-electron chi connectivity index (χ1n) is 7.81. The van der Waals surface area contributed by atoms with Crippen molar-refractivity contribution in [3.8, 4) is 5.69 Å². The van der Waals surface area contributed by atoms with E-state index in [1.165, 1.54) is 15.9 Å². The largest absolute Gasteiger partial charge is 0.480 e. The number of benzene rings is 1. The second-order valence-corrected chi connectivity index (χ2v) is 6.34. The van der Waals surface area contributed by atoms with Gasteiger partial charge in [-0.1, -0.05) is 11.6 Å². The number of carboxylic acid groups (broad SMARTS) is 1. The number of carbonyl (C=O) groups excluding carboxylic acids is 1. The van der Waals surface area contributed by atoms with Gasteiger partial charge in [0, 0.05) is 16.3 Å². The van der Waals surface area contributed by atoms with E-state index in [2.05, 4.69) is 15.5 Å². The quantitative estimate of drug-likeness (QED) is 0.824. The summed E-state index contributed by atoms with van der Waals surface area (Å²) in [5.74, 6) is 0.898. The number of tetrazole rings is 1. The maximum Gasteiger partial charge on any atom is 0.326 e. The topological polar surface area (TPSA) is 101 Å². The fraction of sp³-hybridized carbons (Fsp3) is 0.176. The van der Waals surface area contributed by atoms with Crippen molar-refractivity contribution in [2.45, 2.75) is 18.9 Å². The van der Waals surface area contributed by atoms with Crippen LogP contribution in [0.15, 0.2) is 48.1 Å². The van der Waals surface area contributed by atoms with Crippen LogP contribution >= 0.6 is 11.6 Å². The summed E-state index contributed by atoms with van der Waals surface area (Å²) in [6, 6.07) is 4.49. The molecule has 0 unspecified atom stereocenters. The van der Waals surface area contributed by atoms with Crippen molar-refractivity contribution in [1.82, 2.24) is 25.1 Å². The molecule has 2 aliphatic rings. The Hall–Kier alpha value is -3.22. The fourth-order valence-electron chi connectivity index (χ4n) is 3.32. The first kappa shape index (κ1) is 16.3. The molecule has 9 heteroatoms. The highest BCUT2D eigenvalue weighted by Crippen LogP contribution is 2.39. The van der Waals surface area contributed by atoms with E-state index in [0.717, 1.165) is 11.3 Å². The molecule has 1 aromatic carbocycles. The maximum atomic E-state index is 11.5. The van der Waals surface area contributed by atoms with Gasteiger partial charge in [-0.05, 0) is 59.2 Å². The highest BCUT2D eigenvalue weighted by molar-refractivity contribution is 6.30. The summed E-state index contributed by atoms with van der Waals surface area (Å²) in [5.41, 5.74) is 3.08. The maximum absolute atomic E-state index is 11.5. The van der Waals surface area contributed by atoms with Crippen molar-refractivity contribution in [2.75, 3.05) is 0 Å². The SMILES string of the molecule is O=C=C1C=C(c2cc(Cl)ccc2-n2cnnn2)C=C2CC[C@@H](C(=O)O)N12. The van der Waals surface area contributed by atoms with E-state index in [1.54, 1.807) is 24.3 Å². The molecule has 1 atom stereocenters. The van der Waals surface area contributed by atoms with E-state index in [0.29, 0.717) is 29.1 Å². The van der Waals surface area contributed by atoms with E-state index in [1.807, 2.05) is 12.0 Å². The number of hydrogen-bond donors (Lipinski definition) is 1. The molecular formula is C17H12ClN5O3. The Morgan fingerprint density at radius 2 is 2.19 bits per heavy atom. The van der Waals surface area contributed by atoms with Crippen LogP contribution in [0.2, 0.25) is 5.02 Å². The minimum Gasteiger partial charge on any atom is -0.480 e. The van der Waals surface area contributed by atoms with Crippen LogP contribution in [0, 0.1) is 0 Å². The summed E-state index contributed by atoms with van der Waals surface area (Å²) < 4.78 is 1.50. The van der Waals surface area contributed by atoms with Crippen molar-refractivity contribution >= 4 is 29.1 Å². The molecule has 0 amide bonds. The molecule has 0 spiro atoms. The first-order valence-corrected chi connectivity index (χ1v) is 8.19. The Balaban J connectivity index is 1.85. The third kappa shape index (κ3) is 2.61. The molecule has 1 aromatic heterocycles. The monoisotopic (exact) mass is 369 g/mol. The standard InChI is InChI=1S/C17H12ClN5O3/c18-11-1-3-15(22-9-19-20-21-22)14(7-11)10-5-12-2-4-16(17(25)26)23(12)13(6-10)8-24/h1,3,5-7,9,16H,2,4H2,(H,25,26)/t16-/m0/s1. The number of nitrogens with zero attached hydrogens (tertiary/aromatic N) is 5. The molecule has 26 heavy (non-hydrogen) atoms. The number of aliphatic carboxylic acids is 1. The van der Waals surface area contributed by atoms with Gasteiger partial charge in [-0.15, -0.1) is 5.10 Å². The molecule has 1 saturated heterocycles. The third-order valence-electron chi connectivity index (χ3n) is 4.42. The van der Waals surface area contributed by atoms with Crippen molar-refractivity contribution in [1.29, 1.82) is 0 Å². The summed E-state index contributed by atoms with van der Waals surface area (Å²) >= 11 is 6.16. The Labute approximate surface area is 152 Å². The predicted octanol–water partition coefficient (Wildman–Crippen LogP) is 1.86. The van der Waals surface area contributed by atoms with Crippen LogP contribution in [-0.2, 0) is 9.59 Å². The summed E-state index contributed by atoms with van der Waals surface area (Å²) in [6.45, 7) is 0. The number of halogens is 1. The zero-order chi connectivity index (χ0) is 18.3. The van der Waals surface area contributed by atoms with Crippen LogP contribution < -0.4 is 0 Å². The second-order valence-electron chi connectivity index (χ2n) is 5.90. The predicted molar refractivity (Wildman–Crippen MR) is 91.9 cm³/mol. The molecule has 0 aliphatic carbocycles. The third-order valence-corrected chi connectivity index (χ3v) is 4.66. The molecule has 8 nitrogen and oxygen atoms in total. The first-order chi connectivity index (χ1) is 12.6. The average molecular weight is 370 g/mol. The number of rotatable bonds is 3. The number of carboxylic acids is 1. The molecule has 1 fully saturated rings. The molecule has 0 bridgehead atoms. The summed E-state index contributed by atoms with van der Waals surface area (Å²) in [5, 5.41) is 21.1. The second kappa shape index (κ2) is 6.25. The van der Waals surface area contributed by atoms with Gasteiger partial charge in [-0.3, -0.25) is 0 Å². The Morgan fingerprint density at radius 1 is 1.35 bits per heavy atom. The van der Waals surface area contributed by atoms with Gasteiger partial charge in [0.15, 0.2) is 5.94 Å². The molecule has 2 aliphatic heterocycles. The van der Waals surface area contributed by atoms with E-state index < -0.39 is 12.0 Å².